The molecule has 0 radical (unpaired) electrons. The van der Waals surface area contributed by atoms with E-state index in [0.717, 1.165) is 11.3 Å². The van der Waals surface area contributed by atoms with Gasteiger partial charge in [0, 0.05) is 5.38 Å². The van der Waals surface area contributed by atoms with Crippen molar-refractivity contribution in [2.75, 3.05) is 11.3 Å². The van der Waals surface area contributed by atoms with Crippen LogP contribution >= 0.6 is 46.1 Å². The number of ether oxygens (including phenoxy) is 1. The molecule has 0 fully saturated rings. The van der Waals surface area contributed by atoms with Crippen LogP contribution in [0.3, 0.4) is 0 Å². The minimum atomic E-state index is -4.00. The number of esters is 1. The molecule has 0 aliphatic rings. The van der Waals surface area contributed by atoms with Crippen molar-refractivity contribution in [1.29, 1.82) is 0 Å². The Balaban J connectivity index is 2.20. The van der Waals surface area contributed by atoms with Gasteiger partial charge in [0.15, 0.2) is 5.13 Å². The van der Waals surface area contributed by atoms with E-state index in [0.29, 0.717) is 5.69 Å². The number of carbonyl (C=O) groups is 1. The molecule has 0 atom stereocenters. The molecule has 6 nitrogen and oxygen atoms in total. The highest BCUT2D eigenvalue weighted by atomic mass is 35.5. The predicted octanol–water partition coefficient (Wildman–Crippen LogP) is 4.01. The van der Waals surface area contributed by atoms with Gasteiger partial charge in [0.25, 0.3) is 10.0 Å². The van der Waals surface area contributed by atoms with Gasteiger partial charge in [0.1, 0.15) is 4.90 Å². The van der Waals surface area contributed by atoms with Crippen LogP contribution in [0, 0.1) is 0 Å². The molecular weight excluding hydrogens is 419 g/mol. The van der Waals surface area contributed by atoms with Crippen molar-refractivity contribution < 1.29 is 17.9 Å². The second kappa shape index (κ2) is 7.88. The van der Waals surface area contributed by atoms with E-state index in [1.807, 2.05) is 0 Å². The molecule has 2 rings (SSSR count). The Bertz CT molecular complexity index is 868. The summed E-state index contributed by atoms with van der Waals surface area (Å²) in [6.45, 7) is 1.96. The van der Waals surface area contributed by atoms with Gasteiger partial charge in [0.2, 0.25) is 0 Å². The minimum absolute atomic E-state index is 0.0421. The zero-order valence-corrected chi connectivity index (χ0v) is 16.1. The highest BCUT2D eigenvalue weighted by Gasteiger charge is 2.22. The number of hydrogen-bond donors (Lipinski definition) is 1. The number of carbonyl (C=O) groups excluding carboxylic acids is 1. The molecule has 1 aromatic heterocycles. The van der Waals surface area contributed by atoms with Gasteiger partial charge in [-0.15, -0.1) is 11.3 Å². The van der Waals surface area contributed by atoms with E-state index in [-0.39, 0.29) is 38.1 Å². The van der Waals surface area contributed by atoms with E-state index in [1.54, 1.807) is 12.3 Å². The molecule has 1 aromatic carbocycles. The van der Waals surface area contributed by atoms with Crippen LogP contribution in [0.25, 0.3) is 0 Å². The zero-order valence-electron chi connectivity index (χ0n) is 12.2. The maximum Gasteiger partial charge on any atom is 0.311 e. The zero-order chi connectivity index (χ0) is 17.9. The summed E-state index contributed by atoms with van der Waals surface area (Å²) < 4.78 is 31.9. The lowest BCUT2D eigenvalue weighted by molar-refractivity contribution is -0.142. The minimum Gasteiger partial charge on any atom is -0.466 e. The molecule has 130 valence electrons. The molecule has 0 aliphatic heterocycles. The third kappa shape index (κ3) is 4.52. The number of thiazole rings is 1. The highest BCUT2D eigenvalue weighted by molar-refractivity contribution is 7.93. The predicted molar refractivity (Wildman–Crippen MR) is 94.7 cm³/mol. The van der Waals surface area contributed by atoms with Gasteiger partial charge >= 0.3 is 5.97 Å². The summed E-state index contributed by atoms with van der Waals surface area (Å²) in [5.74, 6) is -0.440. The molecule has 0 saturated heterocycles. The van der Waals surface area contributed by atoms with Crippen molar-refractivity contribution >= 4 is 67.3 Å². The van der Waals surface area contributed by atoms with Gasteiger partial charge in [-0.3, -0.25) is 9.52 Å². The SMILES string of the molecule is CCOC(=O)Cc1csc(NS(=O)(=O)c2ccc(Cl)c(Cl)c2Cl)n1. The Labute approximate surface area is 157 Å². The molecule has 0 bridgehead atoms. The summed E-state index contributed by atoms with van der Waals surface area (Å²) in [5.41, 5.74) is 0.399. The Hall–Kier alpha value is -1.06. The first kappa shape index (κ1) is 19.3. The van der Waals surface area contributed by atoms with Crippen LogP contribution in [0.15, 0.2) is 22.4 Å². The molecule has 0 saturated carbocycles. The van der Waals surface area contributed by atoms with Crippen molar-refractivity contribution in [2.24, 2.45) is 0 Å². The number of anilines is 1. The van der Waals surface area contributed by atoms with Crippen LogP contribution in [-0.2, 0) is 26.0 Å². The Kier molecular flexibility index (Phi) is 6.33. The van der Waals surface area contributed by atoms with E-state index in [4.69, 9.17) is 39.5 Å². The van der Waals surface area contributed by atoms with Gasteiger partial charge in [-0.1, -0.05) is 34.8 Å². The van der Waals surface area contributed by atoms with Gasteiger partial charge in [-0.05, 0) is 19.1 Å². The fourth-order valence-electron chi connectivity index (χ4n) is 1.68. The summed E-state index contributed by atoms with van der Waals surface area (Å²) in [6.07, 6.45) is -0.0421. The standard InChI is InChI=1S/C13H11Cl3N2O4S2/c1-2-22-10(19)5-7-6-23-13(17-7)18-24(20,21)9-4-3-8(14)11(15)12(9)16/h3-4,6H,2,5H2,1H3,(H,17,18). The fourth-order valence-corrected chi connectivity index (χ4v) is 4.62. The number of hydrogen-bond acceptors (Lipinski definition) is 6. The van der Waals surface area contributed by atoms with E-state index in [2.05, 4.69) is 9.71 Å². The monoisotopic (exact) mass is 428 g/mol. The second-order valence-electron chi connectivity index (χ2n) is 4.40. The molecule has 0 unspecified atom stereocenters. The van der Waals surface area contributed by atoms with Crippen LogP contribution < -0.4 is 4.72 Å². The quantitative estimate of drug-likeness (QED) is 0.554. The number of rotatable bonds is 6. The van der Waals surface area contributed by atoms with Crippen LogP contribution in [0.4, 0.5) is 5.13 Å². The summed E-state index contributed by atoms with van der Waals surface area (Å²) in [7, 11) is -4.00. The molecule has 0 aliphatic carbocycles. The van der Waals surface area contributed by atoms with Crippen molar-refractivity contribution in [3.63, 3.8) is 0 Å². The number of nitrogens with one attached hydrogen (secondary N) is 1. The van der Waals surface area contributed by atoms with Gasteiger partial charge in [0.05, 0.1) is 33.8 Å². The van der Waals surface area contributed by atoms with E-state index in [9.17, 15) is 13.2 Å². The first-order valence-electron chi connectivity index (χ1n) is 6.51. The molecular formula is C13H11Cl3N2O4S2. The molecule has 1 heterocycles. The average Bonchev–Trinajstić information content (AvgIpc) is 2.90. The summed E-state index contributed by atoms with van der Waals surface area (Å²) in [6, 6.07) is 2.57. The number of halogens is 3. The topological polar surface area (TPSA) is 85.4 Å². The third-order valence-corrected chi connectivity index (χ3v) is 6.42. The number of aromatic nitrogens is 1. The molecule has 2 aromatic rings. The fraction of sp³-hybridized carbons (Fsp3) is 0.231. The van der Waals surface area contributed by atoms with Crippen LogP contribution in [0.5, 0.6) is 0 Å². The first-order chi connectivity index (χ1) is 11.2. The lowest BCUT2D eigenvalue weighted by Gasteiger charge is -2.09. The van der Waals surface area contributed by atoms with E-state index in [1.165, 1.54) is 12.1 Å². The molecule has 24 heavy (non-hydrogen) atoms. The smallest absolute Gasteiger partial charge is 0.311 e. The Morgan fingerprint density at radius 2 is 2.00 bits per heavy atom. The number of benzene rings is 1. The maximum atomic E-state index is 12.4. The van der Waals surface area contributed by atoms with Crippen molar-refractivity contribution in [1.82, 2.24) is 4.98 Å². The summed E-state index contributed by atoms with van der Waals surface area (Å²) in [5, 5.41) is 1.57. The largest absolute Gasteiger partial charge is 0.466 e. The molecule has 11 heteroatoms. The number of nitrogens with zero attached hydrogens (tertiary/aromatic N) is 1. The summed E-state index contributed by atoms with van der Waals surface area (Å²) >= 11 is 18.6. The highest BCUT2D eigenvalue weighted by Crippen LogP contribution is 2.35. The van der Waals surface area contributed by atoms with Crippen molar-refractivity contribution in [2.45, 2.75) is 18.2 Å². The van der Waals surface area contributed by atoms with Crippen molar-refractivity contribution in [3.8, 4) is 0 Å². The average molecular weight is 430 g/mol. The van der Waals surface area contributed by atoms with Crippen LogP contribution in [0.1, 0.15) is 12.6 Å². The second-order valence-corrected chi connectivity index (χ2v) is 8.08. The normalized spacial score (nSPS) is 11.3. The lowest BCUT2D eigenvalue weighted by Crippen LogP contribution is -2.14. The Morgan fingerprint density at radius 3 is 2.67 bits per heavy atom. The maximum absolute atomic E-state index is 12.4. The summed E-state index contributed by atoms with van der Waals surface area (Å²) in [4.78, 5) is 15.2. The van der Waals surface area contributed by atoms with E-state index >= 15 is 0 Å². The van der Waals surface area contributed by atoms with Crippen molar-refractivity contribution in [3.05, 3.63) is 38.3 Å². The first-order valence-corrected chi connectivity index (χ1v) is 10.0. The Morgan fingerprint density at radius 1 is 1.29 bits per heavy atom. The van der Waals surface area contributed by atoms with Crippen LogP contribution in [-0.4, -0.2) is 26.0 Å². The van der Waals surface area contributed by atoms with Gasteiger partial charge < -0.3 is 4.74 Å². The van der Waals surface area contributed by atoms with Gasteiger partial charge in [-0.25, -0.2) is 13.4 Å². The molecule has 0 spiro atoms. The number of sulfonamides is 1. The third-order valence-electron chi connectivity index (χ3n) is 2.69. The molecule has 0 amide bonds. The van der Waals surface area contributed by atoms with Crippen LogP contribution in [0.2, 0.25) is 15.1 Å². The molecule has 1 N–H and O–H groups in total. The lowest BCUT2D eigenvalue weighted by atomic mass is 10.3. The van der Waals surface area contributed by atoms with E-state index < -0.39 is 16.0 Å². The van der Waals surface area contributed by atoms with Gasteiger partial charge in [-0.2, -0.15) is 0 Å².